The predicted molar refractivity (Wildman–Crippen MR) is 61.8 cm³/mol. The van der Waals surface area contributed by atoms with E-state index < -0.39 is 0 Å². The third-order valence-corrected chi connectivity index (χ3v) is 3.72. The van der Waals surface area contributed by atoms with Crippen LogP contribution in [0.4, 0.5) is 0 Å². The number of likely N-dealkylation sites (tertiary alicyclic amines) is 1. The van der Waals surface area contributed by atoms with Crippen molar-refractivity contribution in [2.24, 2.45) is 5.92 Å². The molecule has 15 heavy (non-hydrogen) atoms. The summed E-state index contributed by atoms with van der Waals surface area (Å²) >= 11 is 0. The van der Waals surface area contributed by atoms with Crippen molar-refractivity contribution in [3.63, 3.8) is 0 Å². The van der Waals surface area contributed by atoms with Crippen LogP contribution in [0.5, 0.6) is 0 Å². The van der Waals surface area contributed by atoms with Gasteiger partial charge in [0.25, 0.3) is 0 Å². The lowest BCUT2D eigenvalue weighted by molar-refractivity contribution is 0.0645. The minimum atomic E-state index is 0.332. The van der Waals surface area contributed by atoms with E-state index >= 15 is 0 Å². The molecule has 2 atom stereocenters. The molecule has 2 aliphatic rings. The molecule has 0 aliphatic carbocycles. The third kappa shape index (κ3) is 3.16. The highest BCUT2D eigenvalue weighted by molar-refractivity contribution is 4.78. The Hall–Kier alpha value is -0.120. The second-order valence-corrected chi connectivity index (χ2v) is 5.00. The first-order valence-corrected chi connectivity index (χ1v) is 6.38. The van der Waals surface area contributed by atoms with Crippen molar-refractivity contribution >= 4 is 0 Å². The summed E-state index contributed by atoms with van der Waals surface area (Å²) in [5.74, 6) is 0.871. The molecule has 0 radical (unpaired) electrons. The minimum absolute atomic E-state index is 0.332. The van der Waals surface area contributed by atoms with E-state index in [0.717, 1.165) is 12.5 Å². The van der Waals surface area contributed by atoms with Crippen LogP contribution < -0.4 is 5.32 Å². The molecule has 2 aliphatic heterocycles. The van der Waals surface area contributed by atoms with Crippen molar-refractivity contribution in [1.82, 2.24) is 10.2 Å². The second-order valence-electron chi connectivity index (χ2n) is 5.00. The fourth-order valence-corrected chi connectivity index (χ4v) is 2.65. The van der Waals surface area contributed by atoms with Gasteiger partial charge in [-0.3, -0.25) is 5.32 Å². The Morgan fingerprint density at radius 1 is 1.33 bits per heavy atom. The summed E-state index contributed by atoms with van der Waals surface area (Å²) in [4.78, 5) is 2.54. The fourth-order valence-electron chi connectivity index (χ4n) is 2.65. The van der Waals surface area contributed by atoms with Crippen LogP contribution in [0.3, 0.4) is 0 Å². The van der Waals surface area contributed by atoms with E-state index in [2.05, 4.69) is 24.1 Å². The van der Waals surface area contributed by atoms with Gasteiger partial charge in [0.2, 0.25) is 0 Å². The molecule has 0 spiro atoms. The summed E-state index contributed by atoms with van der Waals surface area (Å²) < 4.78 is 5.70. The monoisotopic (exact) mass is 212 g/mol. The molecule has 0 bridgehead atoms. The van der Waals surface area contributed by atoms with E-state index in [0.29, 0.717) is 12.3 Å². The largest absolute Gasteiger partial charge is 0.362 e. The molecule has 2 saturated heterocycles. The number of ether oxygens (including phenoxy) is 1. The molecule has 0 aromatic heterocycles. The van der Waals surface area contributed by atoms with Gasteiger partial charge in [0.1, 0.15) is 6.23 Å². The van der Waals surface area contributed by atoms with Crippen LogP contribution in [0, 0.1) is 5.92 Å². The molecule has 2 heterocycles. The van der Waals surface area contributed by atoms with Crippen molar-refractivity contribution in [2.75, 3.05) is 26.2 Å². The molecule has 0 amide bonds. The third-order valence-electron chi connectivity index (χ3n) is 3.72. The molecule has 2 unspecified atom stereocenters. The first kappa shape index (κ1) is 11.4. The van der Waals surface area contributed by atoms with Gasteiger partial charge >= 0.3 is 0 Å². The summed E-state index contributed by atoms with van der Waals surface area (Å²) in [7, 11) is 0. The quantitative estimate of drug-likeness (QED) is 0.766. The molecular weight excluding hydrogens is 188 g/mol. The summed E-state index contributed by atoms with van der Waals surface area (Å²) in [6.45, 7) is 9.11. The smallest absolute Gasteiger partial charge is 0.108 e. The number of piperidine rings is 1. The Morgan fingerprint density at radius 2 is 2.07 bits per heavy atom. The molecule has 0 aromatic carbocycles. The van der Waals surface area contributed by atoms with Crippen LogP contribution in [0.25, 0.3) is 0 Å². The zero-order chi connectivity index (χ0) is 10.7. The SMILES string of the molecule is CCN1CCC(CC2NC(C)CO2)CC1. The Morgan fingerprint density at radius 3 is 2.60 bits per heavy atom. The Bertz CT molecular complexity index is 190. The molecular formula is C12H24N2O. The lowest BCUT2D eigenvalue weighted by atomic mass is 9.93. The van der Waals surface area contributed by atoms with Gasteiger partial charge in [-0.2, -0.15) is 0 Å². The van der Waals surface area contributed by atoms with Gasteiger partial charge in [-0.1, -0.05) is 6.92 Å². The maximum absolute atomic E-state index is 5.70. The van der Waals surface area contributed by atoms with Crippen molar-refractivity contribution in [1.29, 1.82) is 0 Å². The average Bonchev–Trinajstić information content (AvgIpc) is 2.65. The number of nitrogens with zero attached hydrogens (tertiary/aromatic N) is 1. The number of rotatable bonds is 3. The van der Waals surface area contributed by atoms with E-state index in [1.54, 1.807) is 0 Å². The zero-order valence-electron chi connectivity index (χ0n) is 10.0. The lowest BCUT2D eigenvalue weighted by Crippen LogP contribution is -2.36. The topological polar surface area (TPSA) is 24.5 Å². The molecule has 2 fully saturated rings. The molecule has 0 aromatic rings. The van der Waals surface area contributed by atoms with Crippen molar-refractivity contribution in [2.45, 2.75) is 45.4 Å². The normalized spacial score (nSPS) is 34.8. The van der Waals surface area contributed by atoms with Gasteiger partial charge in [-0.15, -0.1) is 0 Å². The van der Waals surface area contributed by atoms with E-state index in [4.69, 9.17) is 4.74 Å². The van der Waals surface area contributed by atoms with Gasteiger partial charge in [0, 0.05) is 6.04 Å². The van der Waals surface area contributed by atoms with Gasteiger partial charge in [-0.05, 0) is 51.7 Å². The molecule has 0 saturated carbocycles. The highest BCUT2D eigenvalue weighted by Gasteiger charge is 2.26. The van der Waals surface area contributed by atoms with Crippen LogP contribution in [0.15, 0.2) is 0 Å². The predicted octanol–water partition coefficient (Wildman–Crippen LogP) is 1.44. The molecule has 2 rings (SSSR count). The maximum Gasteiger partial charge on any atom is 0.108 e. The molecule has 3 heteroatoms. The second kappa shape index (κ2) is 5.28. The summed E-state index contributed by atoms with van der Waals surface area (Å²) in [6.07, 6.45) is 4.24. The van der Waals surface area contributed by atoms with Gasteiger partial charge in [0.15, 0.2) is 0 Å². The molecule has 88 valence electrons. The van der Waals surface area contributed by atoms with E-state index in [-0.39, 0.29) is 0 Å². The average molecular weight is 212 g/mol. The van der Waals surface area contributed by atoms with Crippen LogP contribution in [0.2, 0.25) is 0 Å². The van der Waals surface area contributed by atoms with Crippen molar-refractivity contribution in [3.8, 4) is 0 Å². The van der Waals surface area contributed by atoms with Crippen LogP contribution in [0.1, 0.15) is 33.1 Å². The zero-order valence-corrected chi connectivity index (χ0v) is 10.0. The first-order chi connectivity index (χ1) is 7.28. The van der Waals surface area contributed by atoms with Crippen LogP contribution >= 0.6 is 0 Å². The summed E-state index contributed by atoms with van der Waals surface area (Å²) in [5, 5.41) is 3.49. The number of hydrogen-bond donors (Lipinski definition) is 1. The minimum Gasteiger partial charge on any atom is -0.362 e. The van der Waals surface area contributed by atoms with Crippen molar-refractivity contribution < 1.29 is 4.74 Å². The number of hydrogen-bond acceptors (Lipinski definition) is 3. The Balaban J connectivity index is 1.68. The van der Waals surface area contributed by atoms with Gasteiger partial charge in [0.05, 0.1) is 6.61 Å². The fraction of sp³-hybridized carbons (Fsp3) is 1.00. The van der Waals surface area contributed by atoms with Crippen molar-refractivity contribution in [3.05, 3.63) is 0 Å². The Labute approximate surface area is 93.2 Å². The van der Waals surface area contributed by atoms with Crippen LogP contribution in [-0.2, 0) is 4.74 Å². The maximum atomic E-state index is 5.70. The van der Waals surface area contributed by atoms with E-state index in [1.165, 1.54) is 38.9 Å². The molecule has 1 N–H and O–H groups in total. The highest BCUT2D eigenvalue weighted by atomic mass is 16.5. The summed E-state index contributed by atoms with van der Waals surface area (Å²) in [5.41, 5.74) is 0. The van der Waals surface area contributed by atoms with Crippen LogP contribution in [-0.4, -0.2) is 43.4 Å². The molecule has 3 nitrogen and oxygen atoms in total. The van der Waals surface area contributed by atoms with Gasteiger partial charge < -0.3 is 9.64 Å². The highest BCUT2D eigenvalue weighted by Crippen LogP contribution is 2.23. The standard InChI is InChI=1S/C12H24N2O/c1-3-14-6-4-11(5-7-14)8-12-13-10(2)9-15-12/h10-13H,3-9H2,1-2H3. The van der Waals surface area contributed by atoms with E-state index in [9.17, 15) is 0 Å². The van der Waals surface area contributed by atoms with Gasteiger partial charge in [-0.25, -0.2) is 0 Å². The van der Waals surface area contributed by atoms with E-state index in [1.807, 2.05) is 0 Å². The number of nitrogens with one attached hydrogen (secondary N) is 1. The lowest BCUT2D eigenvalue weighted by Gasteiger charge is -2.32. The Kier molecular flexibility index (Phi) is 4.00. The summed E-state index contributed by atoms with van der Waals surface area (Å²) in [6, 6.07) is 0.547. The first-order valence-electron chi connectivity index (χ1n) is 6.38.